The first-order valence-electron chi connectivity index (χ1n) is 12.7. The van der Waals surface area contributed by atoms with Crippen molar-refractivity contribution in [1.29, 1.82) is 0 Å². The Labute approximate surface area is 211 Å². The van der Waals surface area contributed by atoms with Crippen LogP contribution in [0.15, 0.2) is 67.0 Å². The molecule has 36 heavy (non-hydrogen) atoms. The first-order chi connectivity index (χ1) is 17.7. The van der Waals surface area contributed by atoms with Crippen LogP contribution in [0.1, 0.15) is 52.9 Å². The van der Waals surface area contributed by atoms with E-state index in [1.807, 2.05) is 35.1 Å². The number of hydrogen-bond donors (Lipinski definition) is 1. The fourth-order valence-electron chi connectivity index (χ4n) is 4.87. The molecule has 7 nitrogen and oxygen atoms in total. The van der Waals surface area contributed by atoms with Gasteiger partial charge >= 0.3 is 5.97 Å². The van der Waals surface area contributed by atoms with Gasteiger partial charge in [0.15, 0.2) is 0 Å². The molecule has 0 amide bonds. The molecule has 2 aromatic carbocycles. The third-order valence-electron chi connectivity index (χ3n) is 6.77. The number of esters is 1. The number of para-hydroxylation sites is 1. The maximum Gasteiger partial charge on any atom is 0.342 e. The summed E-state index contributed by atoms with van der Waals surface area (Å²) in [6, 6.07) is 14.0. The Morgan fingerprint density at radius 2 is 2.06 bits per heavy atom. The average Bonchev–Trinajstić information content (AvgIpc) is 3.52. The van der Waals surface area contributed by atoms with E-state index in [0.717, 1.165) is 55.4 Å². The number of aromatic amines is 1. The predicted octanol–water partition coefficient (Wildman–Crippen LogP) is 5.45. The number of allylic oxidation sites excluding steroid dienone is 2. The SMILES string of the molecule is COc1cccc2c1C(=O)O[C@@H](Cc1cn(CCc3c[nH]c4ccccc34)nn1)CCCC/C=C/C2. The molecule has 0 bridgehead atoms. The average molecular weight is 485 g/mol. The van der Waals surface area contributed by atoms with E-state index in [4.69, 9.17) is 9.47 Å². The van der Waals surface area contributed by atoms with Crippen LogP contribution in [0.2, 0.25) is 0 Å². The Kier molecular flexibility index (Phi) is 7.45. The van der Waals surface area contributed by atoms with Gasteiger partial charge in [-0.25, -0.2) is 4.79 Å². The highest BCUT2D eigenvalue weighted by atomic mass is 16.5. The van der Waals surface area contributed by atoms with Crippen molar-refractivity contribution in [3.63, 3.8) is 0 Å². The van der Waals surface area contributed by atoms with E-state index in [1.165, 1.54) is 10.9 Å². The van der Waals surface area contributed by atoms with Crippen LogP contribution in [0.25, 0.3) is 10.9 Å². The van der Waals surface area contributed by atoms with Crippen molar-refractivity contribution in [2.45, 2.75) is 57.6 Å². The fourth-order valence-corrected chi connectivity index (χ4v) is 4.87. The molecule has 5 rings (SSSR count). The van der Waals surface area contributed by atoms with Crippen LogP contribution in [0.5, 0.6) is 5.75 Å². The van der Waals surface area contributed by atoms with Crippen LogP contribution in [-0.4, -0.2) is 39.2 Å². The van der Waals surface area contributed by atoms with Crippen molar-refractivity contribution >= 4 is 16.9 Å². The fraction of sp³-hybridized carbons (Fsp3) is 0.345. The summed E-state index contributed by atoms with van der Waals surface area (Å²) in [4.78, 5) is 16.6. The van der Waals surface area contributed by atoms with Crippen LogP contribution < -0.4 is 4.74 Å². The zero-order chi connectivity index (χ0) is 24.7. The zero-order valence-corrected chi connectivity index (χ0v) is 20.7. The second-order valence-corrected chi connectivity index (χ2v) is 9.27. The van der Waals surface area contributed by atoms with E-state index < -0.39 is 0 Å². The van der Waals surface area contributed by atoms with Gasteiger partial charge < -0.3 is 14.5 Å². The van der Waals surface area contributed by atoms with Crippen molar-refractivity contribution < 1.29 is 14.3 Å². The number of ether oxygens (including phenoxy) is 2. The molecule has 1 atom stereocenters. The second kappa shape index (κ2) is 11.2. The number of H-pyrrole nitrogens is 1. The van der Waals surface area contributed by atoms with E-state index in [9.17, 15) is 4.79 Å². The smallest absolute Gasteiger partial charge is 0.342 e. The number of rotatable bonds is 6. The molecule has 0 spiro atoms. The number of aryl methyl sites for hydroxylation is 2. The van der Waals surface area contributed by atoms with Crippen LogP contribution >= 0.6 is 0 Å². The molecule has 1 aliphatic rings. The first-order valence-corrected chi connectivity index (χ1v) is 12.7. The summed E-state index contributed by atoms with van der Waals surface area (Å²) in [5.74, 6) is 0.207. The largest absolute Gasteiger partial charge is 0.496 e. The quantitative estimate of drug-likeness (QED) is 0.291. The molecule has 0 fully saturated rings. The zero-order valence-electron chi connectivity index (χ0n) is 20.7. The minimum atomic E-state index is -0.340. The maximum atomic E-state index is 13.3. The number of benzene rings is 2. The highest BCUT2D eigenvalue weighted by Gasteiger charge is 2.23. The number of methoxy groups -OCH3 is 1. The normalized spacial score (nSPS) is 17.6. The predicted molar refractivity (Wildman–Crippen MR) is 139 cm³/mol. The Morgan fingerprint density at radius 1 is 1.14 bits per heavy atom. The molecule has 0 radical (unpaired) electrons. The van der Waals surface area contributed by atoms with Gasteiger partial charge in [-0.05, 0) is 61.8 Å². The minimum absolute atomic E-state index is 0.266. The topological polar surface area (TPSA) is 82.0 Å². The number of hydrogen-bond acceptors (Lipinski definition) is 5. The molecule has 1 aliphatic heterocycles. The number of cyclic esters (lactones) is 1. The van der Waals surface area contributed by atoms with Gasteiger partial charge in [0.05, 0.1) is 12.8 Å². The summed E-state index contributed by atoms with van der Waals surface area (Å²) in [7, 11) is 1.58. The van der Waals surface area contributed by atoms with Crippen LogP contribution in [-0.2, 0) is 30.5 Å². The number of fused-ring (bicyclic) bond motifs is 2. The van der Waals surface area contributed by atoms with Crippen molar-refractivity contribution in [3.05, 3.63) is 89.4 Å². The number of nitrogens with zero attached hydrogens (tertiary/aromatic N) is 3. The van der Waals surface area contributed by atoms with Crippen LogP contribution in [0, 0.1) is 0 Å². The standard InChI is InChI=1S/C29H32N4O3/c1-35-27-15-9-11-21-10-5-3-2-4-6-12-24(36-29(34)28(21)27)18-23-20-33(32-31-23)17-16-22-19-30-26-14-8-7-13-25(22)26/h3,5,7-9,11,13-15,19-20,24,30H,2,4,6,10,12,16-18H2,1H3/b5-3+/t24-/m1/s1. The molecule has 0 unspecified atom stereocenters. The van der Waals surface area contributed by atoms with E-state index in [-0.39, 0.29) is 12.1 Å². The van der Waals surface area contributed by atoms with Gasteiger partial charge in [0, 0.05) is 36.3 Å². The van der Waals surface area contributed by atoms with Gasteiger partial charge in [0.2, 0.25) is 0 Å². The van der Waals surface area contributed by atoms with E-state index in [2.05, 4.69) is 51.8 Å². The molecule has 4 aromatic rings. The van der Waals surface area contributed by atoms with Crippen molar-refractivity contribution in [3.8, 4) is 5.75 Å². The minimum Gasteiger partial charge on any atom is -0.496 e. The Bertz CT molecular complexity index is 1350. The third kappa shape index (κ3) is 5.51. The molecule has 0 saturated carbocycles. The summed E-state index contributed by atoms with van der Waals surface area (Å²) in [5, 5.41) is 9.96. The highest BCUT2D eigenvalue weighted by Crippen LogP contribution is 2.26. The molecule has 3 heterocycles. The van der Waals surface area contributed by atoms with Gasteiger partial charge in [-0.1, -0.05) is 47.7 Å². The number of carbonyl (C=O) groups excluding carboxylic acids is 1. The molecule has 1 N–H and O–H groups in total. The Morgan fingerprint density at radius 3 is 2.97 bits per heavy atom. The summed E-state index contributed by atoms with van der Waals surface area (Å²) < 4.78 is 13.4. The monoisotopic (exact) mass is 484 g/mol. The van der Waals surface area contributed by atoms with Crippen molar-refractivity contribution in [2.75, 3.05) is 7.11 Å². The summed E-state index contributed by atoms with van der Waals surface area (Å²) in [6.07, 6.45) is 14.0. The van der Waals surface area contributed by atoms with Gasteiger partial charge in [-0.2, -0.15) is 0 Å². The van der Waals surface area contributed by atoms with E-state index >= 15 is 0 Å². The number of carbonyl (C=O) groups is 1. The lowest BCUT2D eigenvalue weighted by atomic mass is 10.0. The molecule has 0 saturated heterocycles. The lowest BCUT2D eigenvalue weighted by Crippen LogP contribution is -2.22. The van der Waals surface area contributed by atoms with Gasteiger partial charge in [-0.15, -0.1) is 5.10 Å². The van der Waals surface area contributed by atoms with Crippen molar-refractivity contribution in [2.24, 2.45) is 0 Å². The first kappa shape index (κ1) is 23.9. The van der Waals surface area contributed by atoms with Gasteiger partial charge in [-0.3, -0.25) is 4.68 Å². The Balaban J connectivity index is 1.28. The third-order valence-corrected chi connectivity index (χ3v) is 6.77. The van der Waals surface area contributed by atoms with Gasteiger partial charge in [0.1, 0.15) is 17.4 Å². The molecule has 0 aliphatic carbocycles. The summed E-state index contributed by atoms with van der Waals surface area (Å²) >= 11 is 0. The number of nitrogens with one attached hydrogen (secondary N) is 1. The van der Waals surface area contributed by atoms with Crippen molar-refractivity contribution in [1.82, 2.24) is 20.0 Å². The van der Waals surface area contributed by atoms with Crippen LogP contribution in [0.3, 0.4) is 0 Å². The van der Waals surface area contributed by atoms with Gasteiger partial charge in [0.25, 0.3) is 0 Å². The highest BCUT2D eigenvalue weighted by molar-refractivity contribution is 5.94. The lowest BCUT2D eigenvalue weighted by molar-refractivity contribution is 0.0271. The maximum absolute atomic E-state index is 13.3. The molecular formula is C29H32N4O3. The Hall–Kier alpha value is -3.87. The van der Waals surface area contributed by atoms with Crippen LogP contribution in [0.4, 0.5) is 0 Å². The molecule has 186 valence electrons. The summed E-state index contributed by atoms with van der Waals surface area (Å²) in [5.41, 5.74) is 4.66. The second-order valence-electron chi connectivity index (χ2n) is 9.27. The van der Waals surface area contributed by atoms with E-state index in [0.29, 0.717) is 24.2 Å². The van der Waals surface area contributed by atoms with E-state index in [1.54, 1.807) is 7.11 Å². The molecule has 7 heteroatoms. The number of aromatic nitrogens is 4. The lowest BCUT2D eigenvalue weighted by Gasteiger charge is -2.19. The molecular weight excluding hydrogens is 452 g/mol. The molecule has 2 aromatic heterocycles. The summed E-state index contributed by atoms with van der Waals surface area (Å²) in [6.45, 7) is 0.732.